The van der Waals surface area contributed by atoms with Gasteiger partial charge in [-0.1, -0.05) is 24.3 Å². The Morgan fingerprint density at radius 3 is 2.59 bits per heavy atom. The zero-order valence-electron chi connectivity index (χ0n) is 14.8. The van der Waals surface area contributed by atoms with Gasteiger partial charge < -0.3 is 5.32 Å². The fraction of sp³-hybridized carbons (Fsp3) is 0.105. The van der Waals surface area contributed by atoms with Crippen molar-refractivity contribution in [1.82, 2.24) is 9.97 Å². The van der Waals surface area contributed by atoms with E-state index in [1.165, 1.54) is 6.33 Å². The van der Waals surface area contributed by atoms with Crippen molar-refractivity contribution >= 4 is 33.5 Å². The number of benzene rings is 2. The normalized spacial score (nSPS) is 11.0. The Bertz CT molecular complexity index is 1100. The molecule has 3 aromatic rings. The molecule has 0 fully saturated rings. The van der Waals surface area contributed by atoms with Gasteiger partial charge in [0, 0.05) is 22.9 Å². The quantitative estimate of drug-likeness (QED) is 0.634. The molecule has 0 atom stereocenters. The van der Waals surface area contributed by atoms with E-state index in [1.807, 2.05) is 25.1 Å². The first-order chi connectivity index (χ1) is 12.8. The zero-order chi connectivity index (χ0) is 19.4. The molecule has 1 heterocycles. The number of carbonyl (C=O) groups is 1. The van der Waals surface area contributed by atoms with Crippen LogP contribution in [0.2, 0.25) is 0 Å². The summed E-state index contributed by atoms with van der Waals surface area (Å²) in [4.78, 5) is 19.4. The zero-order valence-corrected chi connectivity index (χ0v) is 15.6. The van der Waals surface area contributed by atoms with Crippen LogP contribution < -0.4 is 10.0 Å². The Morgan fingerprint density at radius 2 is 1.85 bits per heavy atom. The Kier molecular flexibility index (Phi) is 5.18. The van der Waals surface area contributed by atoms with Gasteiger partial charge in [0.15, 0.2) is 0 Å². The number of sulfonamides is 1. The number of aryl methyl sites for hydroxylation is 1. The van der Waals surface area contributed by atoms with E-state index in [0.29, 0.717) is 28.5 Å². The van der Waals surface area contributed by atoms with Gasteiger partial charge in [-0.3, -0.25) is 9.52 Å². The van der Waals surface area contributed by atoms with Crippen LogP contribution in [0.5, 0.6) is 0 Å². The number of rotatable bonds is 6. The molecule has 0 unspecified atom stereocenters. The van der Waals surface area contributed by atoms with Crippen molar-refractivity contribution in [3.8, 4) is 11.3 Å². The standard InChI is InChI=1S/C19H18N4O3S/c1-13-6-7-16(9-17(13)23-27(2,25)26)22-19-10-18(20-12-21-19)15-5-3-4-14(8-15)11-24/h3-12,23H,1-2H3,(H,20,21,22). The second-order valence-electron chi connectivity index (χ2n) is 6.06. The molecule has 8 heteroatoms. The minimum absolute atomic E-state index is 0.496. The molecular weight excluding hydrogens is 364 g/mol. The summed E-state index contributed by atoms with van der Waals surface area (Å²) in [6.45, 7) is 1.82. The summed E-state index contributed by atoms with van der Waals surface area (Å²) in [5, 5.41) is 3.14. The van der Waals surface area contributed by atoms with Gasteiger partial charge in [0.05, 0.1) is 17.6 Å². The molecular formula is C19H18N4O3S. The predicted octanol–water partition coefficient (Wildman–Crippen LogP) is 3.38. The minimum Gasteiger partial charge on any atom is -0.340 e. The number of hydrogen-bond donors (Lipinski definition) is 2. The third-order valence-electron chi connectivity index (χ3n) is 3.79. The average Bonchev–Trinajstić information content (AvgIpc) is 2.64. The maximum Gasteiger partial charge on any atom is 0.229 e. The highest BCUT2D eigenvalue weighted by Crippen LogP contribution is 2.25. The van der Waals surface area contributed by atoms with Crippen molar-refractivity contribution in [1.29, 1.82) is 0 Å². The summed E-state index contributed by atoms with van der Waals surface area (Å²) in [5.74, 6) is 0.547. The molecule has 27 heavy (non-hydrogen) atoms. The van der Waals surface area contributed by atoms with E-state index in [4.69, 9.17) is 0 Å². The highest BCUT2D eigenvalue weighted by Gasteiger charge is 2.08. The van der Waals surface area contributed by atoms with E-state index in [1.54, 1.807) is 30.3 Å². The van der Waals surface area contributed by atoms with E-state index in [2.05, 4.69) is 20.0 Å². The molecule has 3 rings (SSSR count). The van der Waals surface area contributed by atoms with Crippen LogP contribution in [0.25, 0.3) is 11.3 Å². The first-order valence-electron chi connectivity index (χ1n) is 8.07. The maximum atomic E-state index is 11.5. The minimum atomic E-state index is -3.37. The fourth-order valence-corrected chi connectivity index (χ4v) is 3.13. The van der Waals surface area contributed by atoms with Gasteiger partial charge in [0.2, 0.25) is 10.0 Å². The van der Waals surface area contributed by atoms with Crippen LogP contribution in [0.15, 0.2) is 54.9 Å². The first-order valence-corrected chi connectivity index (χ1v) is 9.96. The maximum absolute atomic E-state index is 11.5. The summed E-state index contributed by atoms with van der Waals surface area (Å²) in [6, 6.07) is 14.2. The van der Waals surface area contributed by atoms with Crippen molar-refractivity contribution in [3.63, 3.8) is 0 Å². The van der Waals surface area contributed by atoms with E-state index >= 15 is 0 Å². The lowest BCUT2D eigenvalue weighted by molar-refractivity contribution is 0.112. The summed E-state index contributed by atoms with van der Waals surface area (Å²) in [5.41, 5.74) is 4.01. The van der Waals surface area contributed by atoms with Crippen LogP contribution in [0, 0.1) is 6.92 Å². The molecule has 0 spiro atoms. The van der Waals surface area contributed by atoms with Gasteiger partial charge in [-0.25, -0.2) is 18.4 Å². The lowest BCUT2D eigenvalue weighted by atomic mass is 10.1. The van der Waals surface area contributed by atoms with Crippen LogP contribution in [-0.2, 0) is 10.0 Å². The molecule has 0 bridgehead atoms. The second-order valence-corrected chi connectivity index (χ2v) is 7.81. The molecule has 0 saturated carbocycles. The van der Waals surface area contributed by atoms with Crippen molar-refractivity contribution in [2.24, 2.45) is 0 Å². The van der Waals surface area contributed by atoms with E-state index in [9.17, 15) is 13.2 Å². The van der Waals surface area contributed by atoms with Crippen molar-refractivity contribution in [2.75, 3.05) is 16.3 Å². The number of anilines is 3. The summed E-state index contributed by atoms with van der Waals surface area (Å²) < 4.78 is 25.5. The SMILES string of the molecule is Cc1ccc(Nc2cc(-c3cccc(C=O)c3)ncn2)cc1NS(C)(=O)=O. The van der Waals surface area contributed by atoms with Crippen molar-refractivity contribution < 1.29 is 13.2 Å². The Balaban J connectivity index is 1.88. The Labute approximate surface area is 157 Å². The molecule has 0 aliphatic rings. The number of nitrogens with zero attached hydrogens (tertiary/aromatic N) is 2. The van der Waals surface area contributed by atoms with E-state index in [-0.39, 0.29) is 0 Å². The highest BCUT2D eigenvalue weighted by molar-refractivity contribution is 7.92. The lowest BCUT2D eigenvalue weighted by Crippen LogP contribution is -2.10. The Hall–Kier alpha value is -3.26. The van der Waals surface area contributed by atoms with Crippen LogP contribution in [-0.4, -0.2) is 30.9 Å². The number of hydrogen-bond acceptors (Lipinski definition) is 6. The largest absolute Gasteiger partial charge is 0.340 e. The number of carbonyl (C=O) groups excluding carboxylic acids is 1. The van der Waals surface area contributed by atoms with Gasteiger partial charge in [-0.2, -0.15) is 0 Å². The highest BCUT2D eigenvalue weighted by atomic mass is 32.2. The molecule has 0 aliphatic heterocycles. The predicted molar refractivity (Wildman–Crippen MR) is 106 cm³/mol. The van der Waals surface area contributed by atoms with Crippen LogP contribution in [0.3, 0.4) is 0 Å². The molecule has 2 N–H and O–H groups in total. The number of aldehydes is 1. The second kappa shape index (κ2) is 7.55. The topological polar surface area (TPSA) is 101 Å². The Morgan fingerprint density at radius 1 is 1.04 bits per heavy atom. The molecule has 138 valence electrons. The van der Waals surface area contributed by atoms with E-state index < -0.39 is 10.0 Å². The molecule has 1 aromatic heterocycles. The van der Waals surface area contributed by atoms with Gasteiger partial charge >= 0.3 is 0 Å². The lowest BCUT2D eigenvalue weighted by Gasteiger charge is -2.12. The fourth-order valence-electron chi connectivity index (χ4n) is 2.51. The number of nitrogens with one attached hydrogen (secondary N) is 2. The third kappa shape index (κ3) is 4.89. The average molecular weight is 382 g/mol. The van der Waals surface area contributed by atoms with Crippen molar-refractivity contribution in [3.05, 3.63) is 66.0 Å². The van der Waals surface area contributed by atoms with Crippen LogP contribution in [0.4, 0.5) is 17.2 Å². The molecule has 7 nitrogen and oxygen atoms in total. The van der Waals surface area contributed by atoms with E-state index in [0.717, 1.165) is 23.7 Å². The van der Waals surface area contributed by atoms with Crippen LogP contribution >= 0.6 is 0 Å². The molecule has 0 aliphatic carbocycles. The van der Waals surface area contributed by atoms with Gasteiger partial charge in [0.1, 0.15) is 18.4 Å². The number of aromatic nitrogens is 2. The molecule has 0 radical (unpaired) electrons. The third-order valence-corrected chi connectivity index (χ3v) is 4.38. The molecule has 2 aromatic carbocycles. The van der Waals surface area contributed by atoms with Gasteiger partial charge in [-0.05, 0) is 30.7 Å². The smallest absolute Gasteiger partial charge is 0.229 e. The monoisotopic (exact) mass is 382 g/mol. The van der Waals surface area contributed by atoms with Crippen molar-refractivity contribution in [2.45, 2.75) is 6.92 Å². The van der Waals surface area contributed by atoms with Crippen LogP contribution in [0.1, 0.15) is 15.9 Å². The van der Waals surface area contributed by atoms with Gasteiger partial charge in [-0.15, -0.1) is 0 Å². The summed E-state index contributed by atoms with van der Waals surface area (Å²) in [6.07, 6.45) is 3.32. The van der Waals surface area contributed by atoms with Gasteiger partial charge in [0.25, 0.3) is 0 Å². The summed E-state index contributed by atoms with van der Waals surface area (Å²) >= 11 is 0. The molecule has 0 saturated heterocycles. The summed E-state index contributed by atoms with van der Waals surface area (Å²) in [7, 11) is -3.37. The first kappa shape index (κ1) is 18.5. The molecule has 0 amide bonds.